The quantitative estimate of drug-likeness (QED) is 0.515. The van der Waals surface area contributed by atoms with Gasteiger partial charge < -0.3 is 14.6 Å². The van der Waals surface area contributed by atoms with Gasteiger partial charge in [-0.05, 0) is 49.9 Å². The normalized spacial score (nSPS) is 11.7. The van der Waals surface area contributed by atoms with Crippen molar-refractivity contribution in [1.29, 1.82) is 5.26 Å². The minimum atomic E-state index is -0.913. The molecule has 0 aliphatic heterocycles. The van der Waals surface area contributed by atoms with Crippen LogP contribution in [0.15, 0.2) is 29.1 Å². The van der Waals surface area contributed by atoms with Crippen LogP contribution in [0, 0.1) is 18.3 Å². The number of Topliss-reactive ketones (excluding diaryl/α,β-unsaturated/α-hetero) is 1. The lowest BCUT2D eigenvalue weighted by atomic mass is 9.99. The fourth-order valence-electron chi connectivity index (χ4n) is 3.08. The lowest BCUT2D eigenvalue weighted by molar-refractivity contribution is 0.0812. The lowest BCUT2D eigenvalue weighted by Gasteiger charge is -2.19. The molecule has 1 unspecified atom stereocenters. The second-order valence-electron chi connectivity index (χ2n) is 6.74. The first kappa shape index (κ1) is 22.2. The zero-order valence-corrected chi connectivity index (χ0v) is 17.2. The first-order valence-electron chi connectivity index (χ1n) is 9.50. The number of carbonyl (C=O) groups excluding carboxylic acids is 1. The smallest absolute Gasteiger partial charge is 0.271 e. The van der Waals surface area contributed by atoms with Crippen LogP contribution in [-0.2, 0) is 17.7 Å². The predicted octanol–water partition coefficient (Wildman–Crippen LogP) is 2.98. The minimum Gasteiger partial charge on any atom is -0.494 e. The molecule has 0 saturated heterocycles. The summed E-state index contributed by atoms with van der Waals surface area (Å²) in [5.41, 5.74) is 0.435. The largest absolute Gasteiger partial charge is 0.494 e. The Bertz CT molecular complexity index is 971. The van der Waals surface area contributed by atoms with Crippen molar-refractivity contribution in [2.24, 2.45) is 0 Å². The number of ether oxygens (including phenoxy) is 2. The van der Waals surface area contributed by atoms with E-state index in [1.807, 2.05) is 25.1 Å². The highest BCUT2D eigenvalue weighted by molar-refractivity contribution is 6.03. The molecule has 0 saturated carbocycles. The van der Waals surface area contributed by atoms with Crippen LogP contribution >= 0.6 is 0 Å². The van der Waals surface area contributed by atoms with Crippen molar-refractivity contribution < 1.29 is 19.4 Å². The number of nitrogens with zero attached hydrogens (tertiary/aromatic N) is 2. The molecule has 0 bridgehead atoms. The van der Waals surface area contributed by atoms with Crippen LogP contribution in [0.5, 0.6) is 11.6 Å². The Morgan fingerprint density at radius 3 is 2.52 bits per heavy atom. The van der Waals surface area contributed by atoms with Crippen LogP contribution in [0.2, 0.25) is 0 Å². The van der Waals surface area contributed by atoms with Crippen molar-refractivity contribution in [3.63, 3.8) is 0 Å². The maximum atomic E-state index is 13.0. The fraction of sp³-hybridized carbons (Fsp3) is 0.409. The maximum absolute atomic E-state index is 13.0. The van der Waals surface area contributed by atoms with Gasteiger partial charge >= 0.3 is 0 Å². The predicted molar refractivity (Wildman–Crippen MR) is 109 cm³/mol. The van der Waals surface area contributed by atoms with Gasteiger partial charge in [0.25, 0.3) is 5.56 Å². The van der Waals surface area contributed by atoms with Gasteiger partial charge in [-0.2, -0.15) is 5.26 Å². The second-order valence-corrected chi connectivity index (χ2v) is 6.74. The van der Waals surface area contributed by atoms with Crippen molar-refractivity contribution in [2.45, 2.75) is 46.3 Å². The molecule has 2 rings (SSSR count). The average molecular weight is 398 g/mol. The summed E-state index contributed by atoms with van der Waals surface area (Å²) >= 11 is 0. The number of rotatable bonds is 9. The van der Waals surface area contributed by atoms with Crippen LogP contribution in [-0.4, -0.2) is 35.3 Å². The number of pyridine rings is 1. The Morgan fingerprint density at radius 1 is 1.31 bits per heavy atom. The van der Waals surface area contributed by atoms with Gasteiger partial charge in [0, 0.05) is 20.3 Å². The molecule has 154 valence electrons. The number of aryl methyl sites for hydroxylation is 1. The molecule has 1 heterocycles. The molecule has 0 fully saturated rings. The molecule has 0 spiro atoms. The lowest BCUT2D eigenvalue weighted by Crippen LogP contribution is -2.31. The summed E-state index contributed by atoms with van der Waals surface area (Å²) in [6, 6.07) is 9.24. The third-order valence-electron chi connectivity index (χ3n) is 4.79. The first-order chi connectivity index (χ1) is 13.8. The molecule has 0 amide bonds. The highest BCUT2D eigenvalue weighted by Gasteiger charge is 2.28. The molecule has 0 radical (unpaired) electrons. The number of nitriles is 1. The second kappa shape index (κ2) is 9.89. The maximum Gasteiger partial charge on any atom is 0.271 e. The van der Waals surface area contributed by atoms with Crippen LogP contribution < -0.4 is 10.3 Å². The van der Waals surface area contributed by atoms with Crippen LogP contribution in [0.3, 0.4) is 0 Å². The average Bonchev–Trinajstić information content (AvgIpc) is 2.71. The van der Waals surface area contributed by atoms with Crippen molar-refractivity contribution in [3.05, 3.63) is 56.9 Å². The van der Waals surface area contributed by atoms with Crippen molar-refractivity contribution in [3.8, 4) is 17.7 Å². The SMILES string of the molecule is CCc1ccc(OC(C)C(=O)c2c(C)c(C#N)c(=O)n(CCCOC)c2O)cc1. The number of aromatic nitrogens is 1. The molecule has 1 aromatic heterocycles. The van der Waals surface area contributed by atoms with Gasteiger partial charge in [0.2, 0.25) is 11.7 Å². The number of hydrogen-bond acceptors (Lipinski definition) is 6. The summed E-state index contributed by atoms with van der Waals surface area (Å²) in [6.07, 6.45) is 0.425. The standard InChI is InChI=1S/C22H26N2O5/c1-5-16-7-9-17(10-8-16)29-15(3)20(25)19-14(2)18(13-23)21(26)24(22(19)27)11-6-12-28-4/h7-10,15,27H,5-6,11-12H2,1-4H3. The van der Waals surface area contributed by atoms with E-state index >= 15 is 0 Å². The molecular formula is C22H26N2O5. The summed E-state index contributed by atoms with van der Waals surface area (Å²) in [5.74, 6) is -0.435. The Hall–Kier alpha value is -3.11. The Labute approximate surface area is 170 Å². The first-order valence-corrected chi connectivity index (χ1v) is 9.50. The third-order valence-corrected chi connectivity index (χ3v) is 4.79. The summed E-state index contributed by atoms with van der Waals surface area (Å²) in [5, 5.41) is 20.1. The van der Waals surface area contributed by atoms with Crippen LogP contribution in [0.25, 0.3) is 0 Å². The Kier molecular flexibility index (Phi) is 7.57. The molecule has 1 aromatic carbocycles. The van der Waals surface area contributed by atoms with Gasteiger partial charge in [-0.3, -0.25) is 14.2 Å². The minimum absolute atomic E-state index is 0.0729. The van der Waals surface area contributed by atoms with E-state index in [1.165, 1.54) is 14.0 Å². The van der Waals surface area contributed by atoms with Gasteiger partial charge in [0.1, 0.15) is 17.4 Å². The van der Waals surface area contributed by atoms with Crippen LogP contribution in [0.1, 0.15) is 47.3 Å². The third kappa shape index (κ3) is 4.84. The highest BCUT2D eigenvalue weighted by Crippen LogP contribution is 2.25. The van der Waals surface area contributed by atoms with Crippen LogP contribution in [0.4, 0.5) is 0 Å². The summed E-state index contributed by atoms with van der Waals surface area (Å²) in [4.78, 5) is 25.6. The number of aromatic hydroxyl groups is 1. The van der Waals surface area contributed by atoms with E-state index in [9.17, 15) is 20.0 Å². The summed E-state index contributed by atoms with van der Waals surface area (Å²) < 4.78 is 11.7. The number of methoxy groups -OCH3 is 1. The number of ketones is 1. The van der Waals surface area contributed by atoms with E-state index in [0.29, 0.717) is 18.8 Å². The highest BCUT2D eigenvalue weighted by atomic mass is 16.5. The Balaban J connectivity index is 2.40. The zero-order valence-electron chi connectivity index (χ0n) is 17.2. The van der Waals surface area contributed by atoms with Gasteiger partial charge in [-0.1, -0.05) is 19.1 Å². The molecule has 1 atom stereocenters. The molecule has 0 aliphatic rings. The number of carbonyl (C=O) groups is 1. The van der Waals surface area contributed by atoms with Gasteiger partial charge in [0.05, 0.1) is 5.56 Å². The zero-order chi connectivity index (χ0) is 21.6. The number of hydrogen-bond donors (Lipinski definition) is 1. The molecule has 29 heavy (non-hydrogen) atoms. The van der Waals surface area contributed by atoms with E-state index < -0.39 is 23.3 Å². The fourth-order valence-corrected chi connectivity index (χ4v) is 3.08. The molecule has 2 aromatic rings. The van der Waals surface area contributed by atoms with E-state index in [2.05, 4.69) is 0 Å². The van der Waals surface area contributed by atoms with Gasteiger partial charge in [0.15, 0.2) is 6.10 Å². The Morgan fingerprint density at radius 2 is 1.97 bits per heavy atom. The molecule has 1 N–H and O–H groups in total. The summed E-state index contributed by atoms with van der Waals surface area (Å²) in [6.45, 7) is 5.60. The van der Waals surface area contributed by atoms with Gasteiger partial charge in [-0.15, -0.1) is 0 Å². The molecule has 7 heteroatoms. The van der Waals surface area contributed by atoms with E-state index in [-0.39, 0.29) is 23.2 Å². The van der Waals surface area contributed by atoms with E-state index in [0.717, 1.165) is 16.6 Å². The van der Waals surface area contributed by atoms with E-state index in [4.69, 9.17) is 9.47 Å². The molecule has 0 aliphatic carbocycles. The summed E-state index contributed by atoms with van der Waals surface area (Å²) in [7, 11) is 1.53. The van der Waals surface area contributed by atoms with Gasteiger partial charge in [-0.25, -0.2) is 0 Å². The molecule has 7 nitrogen and oxygen atoms in total. The monoisotopic (exact) mass is 398 g/mol. The molecular weight excluding hydrogens is 372 g/mol. The van der Waals surface area contributed by atoms with Crippen molar-refractivity contribution in [2.75, 3.05) is 13.7 Å². The van der Waals surface area contributed by atoms with Crippen molar-refractivity contribution >= 4 is 5.78 Å². The van der Waals surface area contributed by atoms with E-state index in [1.54, 1.807) is 19.1 Å². The number of benzene rings is 1. The topological polar surface area (TPSA) is 102 Å². The van der Waals surface area contributed by atoms with Crippen molar-refractivity contribution in [1.82, 2.24) is 4.57 Å².